The first-order valence-electron chi connectivity index (χ1n) is 5.49. The average Bonchev–Trinajstić information content (AvgIpc) is 2.17. The summed E-state index contributed by atoms with van der Waals surface area (Å²) in [4.78, 5) is 9.71. The Morgan fingerprint density at radius 1 is 0.867 bits per heavy atom. The van der Waals surface area contributed by atoms with E-state index in [0.717, 1.165) is 25.7 Å². The lowest BCUT2D eigenvalue weighted by molar-refractivity contribution is 0.200. The maximum Gasteiger partial charge on any atom is 0.106 e. The van der Waals surface area contributed by atoms with Crippen molar-refractivity contribution in [2.75, 3.05) is 14.2 Å². The SMILES string of the molecule is CON=C1CC2CC(=NOC)CC(C1)C2. The zero-order valence-corrected chi connectivity index (χ0v) is 9.40. The smallest absolute Gasteiger partial charge is 0.106 e. The Kier molecular flexibility index (Phi) is 3.23. The molecule has 84 valence electrons. The van der Waals surface area contributed by atoms with E-state index >= 15 is 0 Å². The lowest BCUT2D eigenvalue weighted by atomic mass is 9.71. The quantitative estimate of drug-likeness (QED) is 0.656. The van der Waals surface area contributed by atoms with Crippen molar-refractivity contribution in [1.29, 1.82) is 0 Å². The van der Waals surface area contributed by atoms with Gasteiger partial charge in [-0.15, -0.1) is 0 Å². The normalized spacial score (nSPS) is 29.7. The summed E-state index contributed by atoms with van der Waals surface area (Å²) in [7, 11) is 3.24. The average molecular weight is 210 g/mol. The fourth-order valence-electron chi connectivity index (χ4n) is 2.86. The van der Waals surface area contributed by atoms with E-state index in [1.54, 1.807) is 14.2 Å². The summed E-state index contributed by atoms with van der Waals surface area (Å²) < 4.78 is 0. The molecule has 0 heterocycles. The van der Waals surface area contributed by atoms with Crippen molar-refractivity contribution < 1.29 is 9.68 Å². The monoisotopic (exact) mass is 210 g/mol. The molecule has 0 aliphatic heterocycles. The van der Waals surface area contributed by atoms with E-state index in [9.17, 15) is 0 Å². The third kappa shape index (κ3) is 2.49. The molecule has 4 nitrogen and oxygen atoms in total. The molecule has 0 aromatic carbocycles. The number of fused-ring (bicyclic) bond motifs is 2. The second kappa shape index (κ2) is 4.64. The molecule has 2 saturated carbocycles. The van der Waals surface area contributed by atoms with Crippen LogP contribution in [0.2, 0.25) is 0 Å². The molecule has 2 aliphatic carbocycles. The molecule has 4 heteroatoms. The van der Waals surface area contributed by atoms with Crippen molar-refractivity contribution in [3.63, 3.8) is 0 Å². The molecule has 0 aromatic heterocycles. The molecule has 0 radical (unpaired) electrons. The van der Waals surface area contributed by atoms with Crippen molar-refractivity contribution in [2.45, 2.75) is 32.1 Å². The molecule has 0 saturated heterocycles. The summed E-state index contributed by atoms with van der Waals surface area (Å²) in [6.07, 6.45) is 5.56. The molecule has 2 fully saturated rings. The number of hydrogen-bond donors (Lipinski definition) is 0. The maximum atomic E-state index is 4.85. The van der Waals surface area contributed by atoms with Crippen LogP contribution in [-0.4, -0.2) is 25.6 Å². The summed E-state index contributed by atoms with van der Waals surface area (Å²) in [6.45, 7) is 0. The van der Waals surface area contributed by atoms with Crippen LogP contribution in [0.15, 0.2) is 10.3 Å². The lowest BCUT2D eigenvalue weighted by Gasteiger charge is -2.34. The molecule has 0 unspecified atom stereocenters. The van der Waals surface area contributed by atoms with Gasteiger partial charge in [0.25, 0.3) is 0 Å². The van der Waals surface area contributed by atoms with Crippen molar-refractivity contribution in [2.24, 2.45) is 22.1 Å². The van der Waals surface area contributed by atoms with Crippen LogP contribution >= 0.6 is 0 Å². The van der Waals surface area contributed by atoms with Crippen molar-refractivity contribution >= 4 is 11.4 Å². The van der Waals surface area contributed by atoms with Gasteiger partial charge in [-0.05, 0) is 43.9 Å². The Morgan fingerprint density at radius 2 is 1.27 bits per heavy atom. The summed E-state index contributed by atoms with van der Waals surface area (Å²) in [5, 5.41) is 8.17. The highest BCUT2D eigenvalue weighted by atomic mass is 16.6. The van der Waals surface area contributed by atoms with E-state index in [2.05, 4.69) is 10.3 Å². The van der Waals surface area contributed by atoms with Crippen molar-refractivity contribution in [3.05, 3.63) is 0 Å². The standard InChI is InChI=1S/C11H18N2O2/c1-14-12-10-4-8-3-9(5-10)7-11(6-8)13-15-2/h8-9H,3-7H2,1-2H3. The van der Waals surface area contributed by atoms with Gasteiger partial charge in [-0.25, -0.2) is 0 Å². The Hall–Kier alpha value is -1.06. The van der Waals surface area contributed by atoms with Gasteiger partial charge in [0, 0.05) is 0 Å². The molecular weight excluding hydrogens is 192 g/mol. The van der Waals surface area contributed by atoms with Crippen LogP contribution in [0, 0.1) is 11.8 Å². The third-order valence-electron chi connectivity index (χ3n) is 3.20. The summed E-state index contributed by atoms with van der Waals surface area (Å²) in [5.41, 5.74) is 2.44. The molecule has 2 rings (SSSR count). The Labute approximate surface area is 90.3 Å². The van der Waals surface area contributed by atoms with Crippen LogP contribution < -0.4 is 0 Å². The van der Waals surface area contributed by atoms with Crippen LogP contribution in [0.3, 0.4) is 0 Å². The van der Waals surface area contributed by atoms with Crippen LogP contribution in [-0.2, 0) is 9.68 Å². The van der Waals surface area contributed by atoms with Gasteiger partial charge in [0.15, 0.2) is 0 Å². The molecule has 0 amide bonds. The van der Waals surface area contributed by atoms with Crippen molar-refractivity contribution in [3.8, 4) is 0 Å². The Morgan fingerprint density at radius 3 is 1.60 bits per heavy atom. The van der Waals surface area contributed by atoms with E-state index in [0.29, 0.717) is 11.8 Å². The first-order chi connectivity index (χ1) is 7.31. The minimum atomic E-state index is 0.695. The van der Waals surface area contributed by atoms with Gasteiger partial charge < -0.3 is 9.68 Å². The highest BCUT2D eigenvalue weighted by Crippen LogP contribution is 2.37. The molecule has 0 aromatic rings. The Balaban J connectivity index is 2.02. The van der Waals surface area contributed by atoms with Gasteiger partial charge in [0.05, 0.1) is 11.4 Å². The summed E-state index contributed by atoms with van der Waals surface area (Å²) in [5.74, 6) is 1.39. The molecule has 0 N–H and O–H groups in total. The van der Waals surface area contributed by atoms with Gasteiger partial charge >= 0.3 is 0 Å². The molecule has 15 heavy (non-hydrogen) atoms. The number of nitrogens with zero attached hydrogens (tertiary/aromatic N) is 2. The first-order valence-corrected chi connectivity index (χ1v) is 5.49. The van der Waals surface area contributed by atoms with Gasteiger partial charge in [-0.2, -0.15) is 0 Å². The minimum Gasteiger partial charge on any atom is -0.399 e. The van der Waals surface area contributed by atoms with Crippen LogP contribution in [0.5, 0.6) is 0 Å². The third-order valence-corrected chi connectivity index (χ3v) is 3.20. The molecular formula is C11H18N2O2. The lowest BCUT2D eigenvalue weighted by Crippen LogP contribution is -2.31. The predicted molar refractivity (Wildman–Crippen MR) is 59.0 cm³/mol. The zero-order chi connectivity index (χ0) is 10.7. The van der Waals surface area contributed by atoms with E-state index in [1.807, 2.05) is 0 Å². The topological polar surface area (TPSA) is 43.2 Å². The predicted octanol–water partition coefficient (Wildman–Crippen LogP) is 2.20. The highest BCUT2D eigenvalue weighted by molar-refractivity contribution is 5.91. The molecule has 0 atom stereocenters. The van der Waals surface area contributed by atoms with Crippen LogP contribution in [0.4, 0.5) is 0 Å². The molecule has 2 aliphatic rings. The number of hydrogen-bond acceptors (Lipinski definition) is 4. The zero-order valence-electron chi connectivity index (χ0n) is 9.40. The second-order valence-corrected chi connectivity index (χ2v) is 4.46. The summed E-state index contributed by atoms with van der Waals surface area (Å²) >= 11 is 0. The fourth-order valence-corrected chi connectivity index (χ4v) is 2.86. The van der Waals surface area contributed by atoms with E-state index in [1.165, 1.54) is 17.8 Å². The minimum absolute atomic E-state index is 0.695. The molecule has 2 bridgehead atoms. The largest absolute Gasteiger partial charge is 0.399 e. The number of oxime groups is 2. The van der Waals surface area contributed by atoms with Gasteiger partial charge in [-0.1, -0.05) is 10.3 Å². The van der Waals surface area contributed by atoms with E-state index in [-0.39, 0.29) is 0 Å². The van der Waals surface area contributed by atoms with E-state index in [4.69, 9.17) is 9.68 Å². The molecule has 0 spiro atoms. The fraction of sp³-hybridized carbons (Fsp3) is 0.818. The van der Waals surface area contributed by atoms with Gasteiger partial charge in [-0.3, -0.25) is 0 Å². The van der Waals surface area contributed by atoms with Crippen molar-refractivity contribution in [1.82, 2.24) is 0 Å². The summed E-state index contributed by atoms with van der Waals surface area (Å²) in [6, 6.07) is 0. The number of rotatable bonds is 2. The van der Waals surface area contributed by atoms with Gasteiger partial charge in [0.1, 0.15) is 14.2 Å². The first kappa shape index (κ1) is 10.5. The van der Waals surface area contributed by atoms with Gasteiger partial charge in [0.2, 0.25) is 0 Å². The van der Waals surface area contributed by atoms with Crippen LogP contribution in [0.25, 0.3) is 0 Å². The Bertz CT molecular complexity index is 242. The van der Waals surface area contributed by atoms with E-state index < -0.39 is 0 Å². The maximum absolute atomic E-state index is 4.85. The highest BCUT2D eigenvalue weighted by Gasteiger charge is 2.33. The second-order valence-electron chi connectivity index (χ2n) is 4.46. The van der Waals surface area contributed by atoms with Crippen LogP contribution in [0.1, 0.15) is 32.1 Å².